The predicted octanol–water partition coefficient (Wildman–Crippen LogP) is 3.86. The molecule has 0 spiro atoms. The van der Waals surface area contributed by atoms with Gasteiger partial charge in [-0.25, -0.2) is 0 Å². The summed E-state index contributed by atoms with van der Waals surface area (Å²) < 4.78 is 21.2. The number of benzene rings is 2. The van der Waals surface area contributed by atoms with Gasteiger partial charge in [-0.3, -0.25) is 0 Å². The average Bonchev–Trinajstić information content (AvgIpc) is 2.67. The molecule has 0 aliphatic carbocycles. The van der Waals surface area contributed by atoms with E-state index in [1.165, 1.54) is 21.3 Å². The first kappa shape index (κ1) is 19.1. The van der Waals surface area contributed by atoms with Gasteiger partial charge in [-0.05, 0) is 29.8 Å². The molecule has 0 aliphatic rings. The van der Waals surface area contributed by atoms with E-state index in [0.29, 0.717) is 22.8 Å². The van der Waals surface area contributed by atoms with Gasteiger partial charge in [0, 0.05) is 5.56 Å². The molecular formula is C20H22O6. The molecule has 2 rings (SSSR count). The van der Waals surface area contributed by atoms with Crippen molar-refractivity contribution in [3.8, 4) is 34.5 Å². The predicted molar refractivity (Wildman–Crippen MR) is 100 cm³/mol. The van der Waals surface area contributed by atoms with Crippen LogP contribution < -0.4 is 18.9 Å². The number of ether oxygens (including phenoxy) is 4. The molecule has 0 saturated carbocycles. The quantitative estimate of drug-likeness (QED) is 0.424. The molecule has 26 heavy (non-hydrogen) atoms. The van der Waals surface area contributed by atoms with E-state index < -0.39 is 0 Å². The maximum absolute atomic E-state index is 10.2. The summed E-state index contributed by atoms with van der Waals surface area (Å²) in [6.45, 7) is 3.77. The molecule has 2 aromatic rings. The summed E-state index contributed by atoms with van der Waals surface area (Å²) >= 11 is 0. The minimum atomic E-state index is -0.320. The summed E-state index contributed by atoms with van der Waals surface area (Å²) in [7, 11) is 4.61. The standard InChI is InChI=1S/C20H22O6/c1-5-10-26-15-9-8-14(18(21)19(15)22)7-6-13-11-16(23-2)20(25-4)17(12-13)24-3/h5-9,11-12,21-22H,1,10H2,2-4H3/b7-6-. The largest absolute Gasteiger partial charge is 0.504 e. The monoisotopic (exact) mass is 358 g/mol. The summed E-state index contributed by atoms with van der Waals surface area (Å²) in [6.07, 6.45) is 4.96. The lowest BCUT2D eigenvalue weighted by atomic mass is 10.1. The molecule has 6 heteroatoms. The Kier molecular flexibility index (Phi) is 6.38. The number of aromatic hydroxyl groups is 2. The number of hydrogen-bond donors (Lipinski definition) is 2. The van der Waals surface area contributed by atoms with Crippen molar-refractivity contribution in [2.24, 2.45) is 0 Å². The van der Waals surface area contributed by atoms with Gasteiger partial charge in [0.1, 0.15) is 6.61 Å². The van der Waals surface area contributed by atoms with Crippen LogP contribution in [0.15, 0.2) is 36.9 Å². The molecule has 0 aromatic heterocycles. The van der Waals surface area contributed by atoms with Crippen LogP contribution in [-0.2, 0) is 0 Å². The van der Waals surface area contributed by atoms with Gasteiger partial charge in [-0.2, -0.15) is 0 Å². The Balaban J connectivity index is 2.35. The summed E-state index contributed by atoms with van der Waals surface area (Å²) in [5.41, 5.74) is 1.20. The Labute approximate surface area is 152 Å². The van der Waals surface area contributed by atoms with Crippen molar-refractivity contribution in [1.29, 1.82) is 0 Å². The van der Waals surface area contributed by atoms with E-state index in [9.17, 15) is 10.2 Å². The zero-order chi connectivity index (χ0) is 19.1. The first-order valence-electron chi connectivity index (χ1n) is 7.82. The molecule has 6 nitrogen and oxygen atoms in total. The van der Waals surface area contributed by atoms with Gasteiger partial charge in [0.05, 0.1) is 21.3 Å². The van der Waals surface area contributed by atoms with Crippen LogP contribution in [0.3, 0.4) is 0 Å². The van der Waals surface area contributed by atoms with Crippen molar-refractivity contribution >= 4 is 12.2 Å². The molecule has 0 bridgehead atoms. The minimum absolute atomic E-state index is 0.187. The van der Waals surface area contributed by atoms with Gasteiger partial charge in [0.15, 0.2) is 23.0 Å². The van der Waals surface area contributed by atoms with Gasteiger partial charge in [0.2, 0.25) is 11.5 Å². The second-order valence-electron chi connectivity index (χ2n) is 5.24. The van der Waals surface area contributed by atoms with E-state index in [-0.39, 0.29) is 23.9 Å². The van der Waals surface area contributed by atoms with E-state index in [1.807, 2.05) is 0 Å². The molecule has 0 aliphatic heterocycles. The Morgan fingerprint density at radius 2 is 1.54 bits per heavy atom. The summed E-state index contributed by atoms with van der Waals surface area (Å²) in [4.78, 5) is 0. The molecule has 2 N–H and O–H groups in total. The maximum Gasteiger partial charge on any atom is 0.203 e. The highest BCUT2D eigenvalue weighted by molar-refractivity contribution is 5.77. The molecule has 0 amide bonds. The van der Waals surface area contributed by atoms with Crippen LogP contribution in [0.25, 0.3) is 12.2 Å². The van der Waals surface area contributed by atoms with Crippen LogP contribution in [0.2, 0.25) is 0 Å². The van der Waals surface area contributed by atoms with Crippen LogP contribution in [-0.4, -0.2) is 38.1 Å². The Hall–Kier alpha value is -3.28. The van der Waals surface area contributed by atoms with E-state index in [1.54, 1.807) is 42.5 Å². The summed E-state index contributed by atoms with van der Waals surface area (Å²) in [5.74, 6) is 1.14. The van der Waals surface area contributed by atoms with Crippen molar-refractivity contribution in [1.82, 2.24) is 0 Å². The molecule has 2 aromatic carbocycles. The normalized spacial score (nSPS) is 10.6. The number of phenolic OH excluding ortho intramolecular Hbond substituents is 2. The van der Waals surface area contributed by atoms with Crippen molar-refractivity contribution in [3.05, 3.63) is 48.0 Å². The first-order valence-corrected chi connectivity index (χ1v) is 7.82. The third kappa shape index (κ3) is 4.03. The first-order chi connectivity index (χ1) is 12.5. The fourth-order valence-electron chi connectivity index (χ4n) is 2.36. The molecule has 0 radical (unpaired) electrons. The third-order valence-corrected chi connectivity index (χ3v) is 3.64. The number of hydrogen-bond acceptors (Lipinski definition) is 6. The third-order valence-electron chi connectivity index (χ3n) is 3.64. The summed E-state index contributed by atoms with van der Waals surface area (Å²) in [5, 5.41) is 20.2. The zero-order valence-corrected chi connectivity index (χ0v) is 15.0. The van der Waals surface area contributed by atoms with E-state index >= 15 is 0 Å². The smallest absolute Gasteiger partial charge is 0.203 e. The SMILES string of the molecule is C=CCOc1ccc(/C=C\c2cc(OC)c(OC)c(OC)c2)c(O)c1O. The molecular weight excluding hydrogens is 336 g/mol. The Bertz CT molecular complexity index is 785. The molecule has 0 unspecified atom stereocenters. The highest BCUT2D eigenvalue weighted by atomic mass is 16.5. The summed E-state index contributed by atoms with van der Waals surface area (Å²) in [6, 6.07) is 6.77. The lowest BCUT2D eigenvalue weighted by Gasteiger charge is -2.13. The Morgan fingerprint density at radius 3 is 2.08 bits per heavy atom. The van der Waals surface area contributed by atoms with Gasteiger partial charge < -0.3 is 29.2 Å². The van der Waals surface area contributed by atoms with E-state index in [0.717, 1.165) is 5.56 Å². The van der Waals surface area contributed by atoms with Crippen LogP contribution >= 0.6 is 0 Å². The second-order valence-corrected chi connectivity index (χ2v) is 5.24. The topological polar surface area (TPSA) is 77.4 Å². The molecule has 0 saturated heterocycles. The highest BCUT2D eigenvalue weighted by Crippen LogP contribution is 2.40. The van der Waals surface area contributed by atoms with Crippen LogP contribution in [0.1, 0.15) is 11.1 Å². The molecule has 0 heterocycles. The highest BCUT2D eigenvalue weighted by Gasteiger charge is 2.13. The van der Waals surface area contributed by atoms with Crippen LogP contribution in [0.4, 0.5) is 0 Å². The number of methoxy groups -OCH3 is 3. The van der Waals surface area contributed by atoms with Crippen molar-refractivity contribution in [2.75, 3.05) is 27.9 Å². The fraction of sp³-hybridized carbons (Fsp3) is 0.200. The minimum Gasteiger partial charge on any atom is -0.504 e. The lowest BCUT2D eigenvalue weighted by molar-refractivity contribution is 0.324. The molecule has 0 fully saturated rings. The van der Waals surface area contributed by atoms with Crippen molar-refractivity contribution in [2.45, 2.75) is 0 Å². The maximum atomic E-state index is 10.2. The van der Waals surface area contributed by atoms with Crippen LogP contribution in [0, 0.1) is 0 Å². The Morgan fingerprint density at radius 1 is 0.885 bits per heavy atom. The zero-order valence-electron chi connectivity index (χ0n) is 15.0. The van der Waals surface area contributed by atoms with Gasteiger partial charge in [0.25, 0.3) is 0 Å². The van der Waals surface area contributed by atoms with Gasteiger partial charge in [-0.1, -0.05) is 24.8 Å². The second kappa shape index (κ2) is 8.71. The van der Waals surface area contributed by atoms with E-state index in [2.05, 4.69) is 6.58 Å². The molecule has 138 valence electrons. The number of rotatable bonds is 8. The van der Waals surface area contributed by atoms with Gasteiger partial charge >= 0.3 is 0 Å². The molecule has 0 atom stereocenters. The number of phenols is 2. The van der Waals surface area contributed by atoms with Crippen molar-refractivity contribution in [3.63, 3.8) is 0 Å². The van der Waals surface area contributed by atoms with E-state index in [4.69, 9.17) is 18.9 Å². The van der Waals surface area contributed by atoms with Gasteiger partial charge in [-0.15, -0.1) is 0 Å². The fourth-order valence-corrected chi connectivity index (χ4v) is 2.36. The lowest BCUT2D eigenvalue weighted by Crippen LogP contribution is -1.95. The average molecular weight is 358 g/mol. The van der Waals surface area contributed by atoms with Crippen LogP contribution in [0.5, 0.6) is 34.5 Å². The van der Waals surface area contributed by atoms with Crippen molar-refractivity contribution < 1.29 is 29.2 Å².